The Morgan fingerprint density at radius 3 is 2.46 bits per heavy atom. The van der Waals surface area contributed by atoms with Crippen LogP contribution in [-0.2, 0) is 9.09 Å². The molecule has 4 heteroatoms. The molecule has 13 heavy (non-hydrogen) atoms. The van der Waals surface area contributed by atoms with Crippen molar-refractivity contribution in [3.8, 4) is 5.75 Å². The first-order valence-electron chi connectivity index (χ1n) is 4.07. The van der Waals surface area contributed by atoms with E-state index < -0.39 is 8.25 Å². The fourth-order valence-corrected chi connectivity index (χ4v) is 1.37. The molecule has 1 aromatic carbocycles. The standard InChI is InChI=1S/C9H12O3P/c1-3-11-13(10)12-9-6-4-8(2)5-7-9/h4-7H,3H2,1-2H3/q+1. The summed E-state index contributed by atoms with van der Waals surface area (Å²) in [6.07, 6.45) is 0. The molecule has 1 aromatic rings. The van der Waals surface area contributed by atoms with E-state index in [0.29, 0.717) is 12.4 Å². The number of hydrogen-bond donors (Lipinski definition) is 0. The Morgan fingerprint density at radius 2 is 1.92 bits per heavy atom. The smallest absolute Gasteiger partial charge is 0.229 e. The average Bonchev–Trinajstić information content (AvgIpc) is 2.09. The zero-order chi connectivity index (χ0) is 9.68. The molecule has 0 bridgehead atoms. The summed E-state index contributed by atoms with van der Waals surface area (Å²) >= 11 is 0. The maximum absolute atomic E-state index is 11.0. The summed E-state index contributed by atoms with van der Waals surface area (Å²) in [5.41, 5.74) is 1.14. The van der Waals surface area contributed by atoms with Gasteiger partial charge in [0, 0.05) is 4.57 Å². The van der Waals surface area contributed by atoms with Gasteiger partial charge in [-0.05, 0) is 26.0 Å². The molecule has 1 rings (SSSR count). The predicted octanol–water partition coefficient (Wildman–Crippen LogP) is 3.07. The van der Waals surface area contributed by atoms with Gasteiger partial charge in [0.2, 0.25) is 0 Å². The van der Waals surface area contributed by atoms with Crippen LogP contribution in [0, 0.1) is 6.92 Å². The lowest BCUT2D eigenvalue weighted by Gasteiger charge is -1.92. The van der Waals surface area contributed by atoms with Crippen LogP contribution in [0.25, 0.3) is 0 Å². The third-order valence-electron chi connectivity index (χ3n) is 1.44. The van der Waals surface area contributed by atoms with Crippen LogP contribution in [0.4, 0.5) is 0 Å². The van der Waals surface area contributed by atoms with Crippen LogP contribution in [0.5, 0.6) is 5.75 Å². The fraction of sp³-hybridized carbons (Fsp3) is 0.333. The van der Waals surface area contributed by atoms with Crippen molar-refractivity contribution >= 4 is 8.25 Å². The van der Waals surface area contributed by atoms with Gasteiger partial charge in [-0.15, -0.1) is 4.52 Å². The van der Waals surface area contributed by atoms with Gasteiger partial charge >= 0.3 is 8.25 Å². The minimum atomic E-state index is -2.02. The second-order valence-electron chi connectivity index (χ2n) is 2.55. The highest BCUT2D eigenvalue weighted by molar-refractivity contribution is 7.33. The van der Waals surface area contributed by atoms with Crippen LogP contribution < -0.4 is 4.52 Å². The zero-order valence-electron chi connectivity index (χ0n) is 7.69. The quantitative estimate of drug-likeness (QED) is 0.699. The van der Waals surface area contributed by atoms with E-state index in [9.17, 15) is 4.57 Å². The molecule has 0 spiro atoms. The van der Waals surface area contributed by atoms with E-state index in [1.165, 1.54) is 0 Å². The van der Waals surface area contributed by atoms with Crippen LogP contribution >= 0.6 is 8.25 Å². The van der Waals surface area contributed by atoms with Crippen molar-refractivity contribution < 1.29 is 13.6 Å². The Bertz CT molecular complexity index is 281. The molecule has 0 fully saturated rings. The fourth-order valence-electron chi connectivity index (χ4n) is 0.817. The van der Waals surface area contributed by atoms with Crippen molar-refractivity contribution in [3.05, 3.63) is 29.8 Å². The predicted molar refractivity (Wildman–Crippen MR) is 51.0 cm³/mol. The molecule has 0 saturated heterocycles. The Balaban J connectivity index is 2.54. The first-order valence-corrected chi connectivity index (χ1v) is 5.16. The molecule has 3 nitrogen and oxygen atoms in total. The summed E-state index contributed by atoms with van der Waals surface area (Å²) in [6, 6.07) is 7.32. The van der Waals surface area contributed by atoms with E-state index in [-0.39, 0.29) is 0 Å². The van der Waals surface area contributed by atoms with E-state index in [4.69, 9.17) is 9.05 Å². The summed E-state index contributed by atoms with van der Waals surface area (Å²) in [5.74, 6) is 0.570. The lowest BCUT2D eigenvalue weighted by Crippen LogP contribution is -1.85. The number of rotatable bonds is 4. The highest BCUT2D eigenvalue weighted by Crippen LogP contribution is 2.27. The molecule has 1 unspecified atom stereocenters. The highest BCUT2D eigenvalue weighted by atomic mass is 31.1. The van der Waals surface area contributed by atoms with Gasteiger partial charge in [-0.3, -0.25) is 0 Å². The van der Waals surface area contributed by atoms with Gasteiger partial charge in [-0.2, -0.15) is 0 Å². The van der Waals surface area contributed by atoms with Gasteiger partial charge in [-0.1, -0.05) is 17.7 Å². The molecule has 0 amide bonds. The molecule has 1 atom stereocenters. The van der Waals surface area contributed by atoms with Crippen molar-refractivity contribution in [1.29, 1.82) is 0 Å². The van der Waals surface area contributed by atoms with Gasteiger partial charge in [0.25, 0.3) is 0 Å². The number of aryl methyl sites for hydroxylation is 1. The second-order valence-corrected chi connectivity index (χ2v) is 3.43. The first kappa shape index (κ1) is 10.2. The topological polar surface area (TPSA) is 35.5 Å². The van der Waals surface area contributed by atoms with Crippen molar-refractivity contribution in [2.75, 3.05) is 6.61 Å². The van der Waals surface area contributed by atoms with Crippen molar-refractivity contribution in [2.24, 2.45) is 0 Å². The van der Waals surface area contributed by atoms with Crippen LogP contribution in [0.15, 0.2) is 24.3 Å². The molecule has 0 radical (unpaired) electrons. The molecule has 0 saturated carbocycles. The van der Waals surface area contributed by atoms with Crippen LogP contribution in [-0.4, -0.2) is 6.61 Å². The first-order chi connectivity index (χ1) is 6.22. The van der Waals surface area contributed by atoms with E-state index in [0.717, 1.165) is 5.56 Å². The lowest BCUT2D eigenvalue weighted by molar-refractivity contribution is 0.302. The largest absolute Gasteiger partial charge is 0.750 e. The minimum Gasteiger partial charge on any atom is -0.229 e. The maximum Gasteiger partial charge on any atom is 0.750 e. The molecule has 0 aromatic heterocycles. The summed E-state index contributed by atoms with van der Waals surface area (Å²) in [6.45, 7) is 4.14. The SMILES string of the molecule is CCO[P+](=O)Oc1ccc(C)cc1. The van der Waals surface area contributed by atoms with Gasteiger partial charge in [-0.25, -0.2) is 4.52 Å². The summed E-state index contributed by atoms with van der Waals surface area (Å²) < 4.78 is 20.8. The van der Waals surface area contributed by atoms with Crippen LogP contribution in [0.1, 0.15) is 12.5 Å². The summed E-state index contributed by atoms with van der Waals surface area (Å²) in [5, 5.41) is 0. The van der Waals surface area contributed by atoms with Gasteiger partial charge in [0.05, 0.1) is 0 Å². The Labute approximate surface area is 78.6 Å². The molecular weight excluding hydrogens is 187 g/mol. The third kappa shape index (κ3) is 3.53. The summed E-state index contributed by atoms with van der Waals surface area (Å²) in [4.78, 5) is 0. The van der Waals surface area contributed by atoms with E-state index >= 15 is 0 Å². The van der Waals surface area contributed by atoms with Crippen molar-refractivity contribution in [3.63, 3.8) is 0 Å². The third-order valence-corrected chi connectivity index (χ3v) is 2.26. The number of benzene rings is 1. The Kier molecular flexibility index (Phi) is 3.87. The molecule has 70 valence electrons. The maximum atomic E-state index is 11.0. The van der Waals surface area contributed by atoms with Gasteiger partial charge < -0.3 is 0 Å². The number of hydrogen-bond acceptors (Lipinski definition) is 3. The molecule has 0 aliphatic carbocycles. The van der Waals surface area contributed by atoms with Crippen LogP contribution in [0.3, 0.4) is 0 Å². The Morgan fingerprint density at radius 1 is 1.31 bits per heavy atom. The monoisotopic (exact) mass is 199 g/mol. The van der Waals surface area contributed by atoms with Crippen molar-refractivity contribution in [2.45, 2.75) is 13.8 Å². The molecule has 0 heterocycles. The molecule has 0 N–H and O–H groups in total. The van der Waals surface area contributed by atoms with Gasteiger partial charge in [0.15, 0.2) is 5.75 Å². The second kappa shape index (κ2) is 4.95. The van der Waals surface area contributed by atoms with E-state index in [1.54, 1.807) is 19.1 Å². The molecular formula is C9H12O3P+. The zero-order valence-corrected chi connectivity index (χ0v) is 8.58. The molecule has 0 aliphatic rings. The highest BCUT2D eigenvalue weighted by Gasteiger charge is 2.20. The Hall–Kier alpha value is -0.920. The van der Waals surface area contributed by atoms with E-state index in [2.05, 4.69) is 0 Å². The summed E-state index contributed by atoms with van der Waals surface area (Å²) in [7, 11) is -2.02. The van der Waals surface area contributed by atoms with Gasteiger partial charge in [0.1, 0.15) is 6.61 Å². The average molecular weight is 199 g/mol. The van der Waals surface area contributed by atoms with Crippen molar-refractivity contribution in [1.82, 2.24) is 0 Å². The van der Waals surface area contributed by atoms with Crippen LogP contribution in [0.2, 0.25) is 0 Å². The lowest BCUT2D eigenvalue weighted by atomic mass is 10.2. The minimum absolute atomic E-state index is 0.390. The molecule has 0 aliphatic heterocycles. The normalized spacial score (nSPS) is 11.1. The van der Waals surface area contributed by atoms with E-state index in [1.807, 2.05) is 19.1 Å².